The molecule has 0 amide bonds. The van der Waals surface area contributed by atoms with Gasteiger partial charge in [-0.3, -0.25) is 0 Å². The molecule has 3 aromatic rings. The maximum absolute atomic E-state index is 12.8. The molecule has 0 fully saturated rings. The molecule has 40 heavy (non-hydrogen) atoms. The Kier molecular flexibility index (Phi) is 10.3. The van der Waals surface area contributed by atoms with Crippen molar-refractivity contribution in [3.63, 3.8) is 0 Å². The Hall–Kier alpha value is -3.32. The number of nitrogens with zero attached hydrogens (tertiary/aromatic N) is 1. The molecular weight excluding hydrogens is 571 g/mol. The van der Waals surface area contributed by atoms with Gasteiger partial charge in [0.05, 0.1) is 0 Å². The van der Waals surface area contributed by atoms with Gasteiger partial charge in [0, 0.05) is 0 Å². The second-order valence-electron chi connectivity index (χ2n) is 10.7. The summed E-state index contributed by atoms with van der Waals surface area (Å²) in [5, 5.41) is 1.28. The number of aromatic nitrogens is 1. The normalized spacial score (nSPS) is 16.8. The molecule has 8 heteroatoms. The number of carbonyl (C=O) groups is 2. The molecule has 4 rings (SSSR count). The van der Waals surface area contributed by atoms with Gasteiger partial charge in [-0.25, -0.2) is 4.79 Å². The van der Waals surface area contributed by atoms with Crippen LogP contribution in [0.4, 0.5) is 4.79 Å². The predicted octanol–water partition coefficient (Wildman–Crippen LogP) is 5.86. The van der Waals surface area contributed by atoms with Crippen LogP contribution in [0.1, 0.15) is 50.9 Å². The third-order valence-corrected chi connectivity index (χ3v) is 9.31. The number of nitrogens with one attached hydrogen (secondary N) is 1. The number of fused-ring (bicyclic) bond motifs is 3. The molecule has 0 saturated heterocycles. The number of allylic oxidation sites excluding steroid dienone is 2. The summed E-state index contributed by atoms with van der Waals surface area (Å²) in [6.45, 7) is 7.02. The molecule has 2 atom stereocenters. The fourth-order valence-electron chi connectivity index (χ4n) is 4.93. The standard InChI is InChI=1S/C32H38N2O5Se/c1-32(2,3)39-31(36)38-22-12-6-11-20-34-21-19-25-24-15-9-10-16-26(24)33-29(25)27(34)17-18-28(30(35)37-4)40-23-13-7-5-8-14-23/h5-16,22,27-28,33H,17-21H2,1-4H3/b11-6+,22-12+/t27-,28?/m0/s1. The van der Waals surface area contributed by atoms with Gasteiger partial charge in [0.1, 0.15) is 5.60 Å². The van der Waals surface area contributed by atoms with E-state index in [2.05, 4.69) is 52.4 Å². The number of ether oxygens (including phenoxy) is 3. The van der Waals surface area contributed by atoms with Crippen molar-refractivity contribution in [2.75, 3.05) is 20.2 Å². The van der Waals surface area contributed by atoms with E-state index in [1.165, 1.54) is 34.5 Å². The zero-order valence-corrected chi connectivity index (χ0v) is 25.3. The summed E-state index contributed by atoms with van der Waals surface area (Å²) in [7, 11) is 1.48. The van der Waals surface area contributed by atoms with E-state index in [0.29, 0.717) is 0 Å². The molecule has 2 heterocycles. The molecule has 1 aromatic heterocycles. The van der Waals surface area contributed by atoms with E-state index in [1.807, 2.05) is 24.3 Å². The fraction of sp³-hybridized carbons (Fsp3) is 0.375. The Balaban J connectivity index is 1.47. The molecule has 1 aliphatic heterocycles. The first kappa shape index (κ1) is 29.7. The van der Waals surface area contributed by atoms with Crippen LogP contribution in [-0.4, -0.2) is 62.8 Å². The molecular formula is C32H38N2O5Se. The average Bonchev–Trinajstić information content (AvgIpc) is 3.31. The molecule has 1 N–H and O–H groups in total. The first-order valence-corrected chi connectivity index (χ1v) is 15.4. The fourth-order valence-corrected chi connectivity index (χ4v) is 7.22. The number of esters is 1. The summed E-state index contributed by atoms with van der Waals surface area (Å²) < 4.78 is 16.5. The SMILES string of the molecule is COC(=O)C(CC[C@H]1c2[nH]c3ccccc3c2CCN1C/C=C/C=C/OC(=O)OC(C)(C)C)[Se]c1ccccc1. The van der Waals surface area contributed by atoms with Crippen LogP contribution in [0.25, 0.3) is 10.9 Å². The first-order valence-electron chi connectivity index (χ1n) is 13.6. The van der Waals surface area contributed by atoms with Gasteiger partial charge in [-0.15, -0.1) is 0 Å². The zero-order chi connectivity index (χ0) is 28.5. The van der Waals surface area contributed by atoms with Crippen molar-refractivity contribution >= 4 is 42.4 Å². The van der Waals surface area contributed by atoms with Gasteiger partial charge in [0.25, 0.3) is 0 Å². The Labute approximate surface area is 242 Å². The van der Waals surface area contributed by atoms with E-state index >= 15 is 0 Å². The van der Waals surface area contributed by atoms with Crippen molar-refractivity contribution in [1.29, 1.82) is 0 Å². The summed E-state index contributed by atoms with van der Waals surface area (Å²) in [5.74, 6) is -0.141. The number of aromatic amines is 1. The van der Waals surface area contributed by atoms with Crippen LogP contribution in [0.2, 0.25) is 4.82 Å². The molecule has 2 aromatic carbocycles. The Morgan fingerprint density at radius 1 is 1.10 bits per heavy atom. The van der Waals surface area contributed by atoms with Crippen molar-refractivity contribution in [1.82, 2.24) is 9.88 Å². The summed E-state index contributed by atoms with van der Waals surface area (Å²) in [4.78, 5) is 30.5. The average molecular weight is 610 g/mol. The quantitative estimate of drug-likeness (QED) is 0.134. The second kappa shape index (κ2) is 13.8. The summed E-state index contributed by atoms with van der Waals surface area (Å²) in [5.41, 5.74) is 3.16. The molecule has 0 radical (unpaired) electrons. The van der Waals surface area contributed by atoms with Gasteiger partial charge in [0.15, 0.2) is 0 Å². The van der Waals surface area contributed by atoms with Crippen LogP contribution in [0.5, 0.6) is 0 Å². The predicted molar refractivity (Wildman–Crippen MR) is 159 cm³/mol. The van der Waals surface area contributed by atoms with Gasteiger partial charge < -0.3 is 4.74 Å². The van der Waals surface area contributed by atoms with Gasteiger partial charge in [-0.05, 0) is 20.8 Å². The molecule has 1 aliphatic rings. The van der Waals surface area contributed by atoms with E-state index in [-0.39, 0.29) is 31.8 Å². The zero-order valence-electron chi connectivity index (χ0n) is 23.6. The van der Waals surface area contributed by atoms with Crippen LogP contribution in [0.15, 0.2) is 79.1 Å². The minimum atomic E-state index is -0.725. The number of methoxy groups -OCH3 is 1. The Bertz CT molecular complexity index is 1340. The number of H-pyrrole nitrogens is 1. The van der Waals surface area contributed by atoms with Crippen LogP contribution in [0, 0.1) is 0 Å². The van der Waals surface area contributed by atoms with Gasteiger partial charge in [-0.2, -0.15) is 0 Å². The number of benzene rings is 2. The van der Waals surface area contributed by atoms with Gasteiger partial charge >= 0.3 is 207 Å². The van der Waals surface area contributed by atoms with Gasteiger partial charge in [-0.1, -0.05) is 0 Å². The molecule has 1 unspecified atom stereocenters. The van der Waals surface area contributed by atoms with Crippen molar-refractivity contribution < 1.29 is 23.8 Å². The summed E-state index contributed by atoms with van der Waals surface area (Å²) in [6, 6.07) is 18.8. The van der Waals surface area contributed by atoms with Crippen molar-refractivity contribution in [3.8, 4) is 0 Å². The van der Waals surface area contributed by atoms with E-state index in [1.54, 1.807) is 26.8 Å². The minimum absolute atomic E-state index is 0.0179. The first-order chi connectivity index (χ1) is 19.2. The number of rotatable bonds is 10. The Morgan fingerprint density at radius 2 is 1.85 bits per heavy atom. The second-order valence-corrected chi connectivity index (χ2v) is 13.4. The molecule has 212 valence electrons. The van der Waals surface area contributed by atoms with Crippen LogP contribution in [-0.2, 0) is 25.4 Å². The molecule has 7 nitrogen and oxygen atoms in total. The van der Waals surface area contributed by atoms with Crippen LogP contribution < -0.4 is 4.46 Å². The van der Waals surface area contributed by atoms with Gasteiger partial charge in [0.2, 0.25) is 0 Å². The molecule has 0 bridgehead atoms. The molecule has 0 saturated carbocycles. The third-order valence-electron chi connectivity index (χ3n) is 6.68. The van der Waals surface area contributed by atoms with E-state index in [9.17, 15) is 9.59 Å². The van der Waals surface area contributed by atoms with Crippen molar-refractivity contribution in [2.24, 2.45) is 0 Å². The summed E-state index contributed by atoms with van der Waals surface area (Å²) in [6.07, 6.45) is 8.75. The number of para-hydroxylation sites is 1. The van der Waals surface area contributed by atoms with E-state index in [0.717, 1.165) is 37.9 Å². The van der Waals surface area contributed by atoms with Crippen LogP contribution >= 0.6 is 0 Å². The number of carbonyl (C=O) groups excluding carboxylic acids is 2. The van der Waals surface area contributed by atoms with Crippen molar-refractivity contribution in [2.45, 2.75) is 56.5 Å². The van der Waals surface area contributed by atoms with E-state index in [4.69, 9.17) is 14.2 Å². The number of hydrogen-bond acceptors (Lipinski definition) is 6. The Morgan fingerprint density at radius 3 is 2.60 bits per heavy atom. The molecule has 0 spiro atoms. The van der Waals surface area contributed by atoms with Crippen molar-refractivity contribution in [3.05, 3.63) is 90.3 Å². The maximum atomic E-state index is 12.8. The van der Waals surface area contributed by atoms with Crippen LogP contribution in [0.3, 0.4) is 0 Å². The monoisotopic (exact) mass is 610 g/mol. The third kappa shape index (κ3) is 8.10. The number of hydrogen-bond donors (Lipinski definition) is 1. The molecule has 0 aliphatic carbocycles. The summed E-state index contributed by atoms with van der Waals surface area (Å²) >= 11 is -0.0179. The topological polar surface area (TPSA) is 80.9 Å². The van der Waals surface area contributed by atoms with E-state index < -0.39 is 11.8 Å².